The summed E-state index contributed by atoms with van der Waals surface area (Å²) in [6.07, 6.45) is 0.925. The van der Waals surface area contributed by atoms with Gasteiger partial charge in [0.05, 0.1) is 0 Å². The van der Waals surface area contributed by atoms with Gasteiger partial charge in [-0.05, 0) is 27.2 Å². The van der Waals surface area contributed by atoms with Gasteiger partial charge in [0.1, 0.15) is 6.54 Å². The van der Waals surface area contributed by atoms with Crippen LogP contribution in [0.15, 0.2) is 0 Å². The third-order valence-corrected chi connectivity index (χ3v) is 2.42. The van der Waals surface area contributed by atoms with E-state index in [2.05, 4.69) is 5.32 Å². The number of rotatable bonds is 8. The molecule has 0 atom stereocenters. The molecule has 0 aromatic heterocycles. The second-order valence-electron chi connectivity index (χ2n) is 4.32. The van der Waals surface area contributed by atoms with Gasteiger partial charge < -0.3 is 15.3 Å². The molecule has 0 aliphatic heterocycles. The fourth-order valence-corrected chi connectivity index (χ4v) is 1.53. The molecule has 0 aliphatic carbocycles. The minimum absolute atomic E-state index is 0.0837. The third kappa shape index (κ3) is 6.88. The van der Waals surface area contributed by atoms with E-state index in [0.29, 0.717) is 19.4 Å². The van der Waals surface area contributed by atoms with Crippen LogP contribution in [0.1, 0.15) is 40.0 Å². The maximum Gasteiger partial charge on any atom is 0.323 e. The average molecular weight is 258 g/mol. The number of carboxylic acids is 1. The smallest absolute Gasteiger partial charge is 0.323 e. The molecule has 0 aromatic carbocycles. The maximum atomic E-state index is 11.8. The number of amides is 2. The first-order valence-electron chi connectivity index (χ1n) is 6.16. The zero-order valence-corrected chi connectivity index (χ0v) is 11.2. The minimum Gasteiger partial charge on any atom is -0.480 e. The van der Waals surface area contributed by atoms with Crippen molar-refractivity contribution in [3.05, 3.63) is 0 Å². The van der Waals surface area contributed by atoms with E-state index in [1.807, 2.05) is 6.92 Å². The van der Waals surface area contributed by atoms with Gasteiger partial charge in [-0.15, -0.1) is 0 Å². The van der Waals surface area contributed by atoms with Crippen LogP contribution in [0.2, 0.25) is 0 Å². The molecule has 0 aromatic rings. The van der Waals surface area contributed by atoms with Crippen molar-refractivity contribution in [3.8, 4) is 0 Å². The summed E-state index contributed by atoms with van der Waals surface area (Å²) in [5.41, 5.74) is 0. The number of nitrogens with one attached hydrogen (secondary N) is 1. The number of aliphatic carboxylic acids is 1. The second kappa shape index (κ2) is 8.49. The molecule has 6 nitrogen and oxygen atoms in total. The fraction of sp³-hybridized carbons (Fsp3) is 0.750. The van der Waals surface area contributed by atoms with Crippen molar-refractivity contribution in [2.24, 2.45) is 0 Å². The van der Waals surface area contributed by atoms with E-state index in [9.17, 15) is 14.4 Å². The highest BCUT2D eigenvalue weighted by Gasteiger charge is 2.19. The first-order chi connectivity index (χ1) is 8.38. The summed E-state index contributed by atoms with van der Waals surface area (Å²) in [6, 6.07) is -0.155. The summed E-state index contributed by atoms with van der Waals surface area (Å²) in [5, 5.41) is 11.4. The van der Waals surface area contributed by atoms with E-state index < -0.39 is 5.97 Å². The quantitative estimate of drug-likeness (QED) is 0.668. The average Bonchev–Trinajstić information content (AvgIpc) is 2.25. The molecular weight excluding hydrogens is 236 g/mol. The Hall–Kier alpha value is -1.59. The third-order valence-electron chi connectivity index (χ3n) is 2.42. The summed E-state index contributed by atoms with van der Waals surface area (Å²) >= 11 is 0. The summed E-state index contributed by atoms with van der Waals surface area (Å²) in [6.45, 7) is 5.65. The largest absolute Gasteiger partial charge is 0.480 e. The normalized spacial score (nSPS) is 10.2. The van der Waals surface area contributed by atoms with Crippen LogP contribution < -0.4 is 5.32 Å². The Morgan fingerprint density at radius 1 is 1.22 bits per heavy atom. The van der Waals surface area contributed by atoms with Crippen LogP contribution in [-0.2, 0) is 14.4 Å². The van der Waals surface area contributed by atoms with E-state index in [-0.39, 0.29) is 30.8 Å². The SMILES string of the molecule is CCNC(=O)CCCC(=O)N(CC(=O)O)C(C)C. The molecule has 0 saturated heterocycles. The molecule has 0 rings (SSSR count). The molecule has 0 spiro atoms. The van der Waals surface area contributed by atoms with Gasteiger partial charge in [-0.1, -0.05) is 0 Å². The highest BCUT2D eigenvalue weighted by molar-refractivity contribution is 5.82. The van der Waals surface area contributed by atoms with Gasteiger partial charge in [0.2, 0.25) is 11.8 Å². The Morgan fingerprint density at radius 3 is 2.28 bits per heavy atom. The lowest BCUT2D eigenvalue weighted by atomic mass is 10.2. The van der Waals surface area contributed by atoms with Crippen molar-refractivity contribution in [3.63, 3.8) is 0 Å². The first-order valence-corrected chi connectivity index (χ1v) is 6.16. The maximum absolute atomic E-state index is 11.8. The highest BCUT2D eigenvalue weighted by Crippen LogP contribution is 2.05. The molecule has 0 bridgehead atoms. The Morgan fingerprint density at radius 2 is 1.83 bits per heavy atom. The molecular formula is C12H22N2O4. The summed E-state index contributed by atoms with van der Waals surface area (Å²) in [7, 11) is 0. The van der Waals surface area contributed by atoms with Crippen LogP contribution >= 0.6 is 0 Å². The van der Waals surface area contributed by atoms with Gasteiger partial charge in [-0.25, -0.2) is 0 Å². The van der Waals surface area contributed by atoms with E-state index in [1.54, 1.807) is 13.8 Å². The second-order valence-corrected chi connectivity index (χ2v) is 4.32. The lowest BCUT2D eigenvalue weighted by Crippen LogP contribution is -2.40. The molecule has 0 saturated carbocycles. The summed E-state index contributed by atoms with van der Waals surface area (Å²) in [5.74, 6) is -1.34. The minimum atomic E-state index is -1.03. The van der Waals surface area contributed by atoms with Crippen LogP contribution in [0, 0.1) is 0 Å². The van der Waals surface area contributed by atoms with Gasteiger partial charge in [0.15, 0.2) is 0 Å². The lowest BCUT2D eigenvalue weighted by molar-refractivity contribution is -0.145. The molecule has 2 amide bonds. The monoisotopic (exact) mass is 258 g/mol. The van der Waals surface area contributed by atoms with E-state index >= 15 is 0 Å². The van der Waals surface area contributed by atoms with Crippen molar-refractivity contribution in [1.82, 2.24) is 10.2 Å². The molecule has 18 heavy (non-hydrogen) atoms. The molecule has 0 unspecified atom stereocenters. The predicted octanol–water partition coefficient (Wildman–Crippen LogP) is 0.614. The van der Waals surface area contributed by atoms with E-state index in [1.165, 1.54) is 4.90 Å². The number of hydrogen-bond donors (Lipinski definition) is 2. The molecule has 104 valence electrons. The zero-order chi connectivity index (χ0) is 14.1. The topological polar surface area (TPSA) is 86.7 Å². The van der Waals surface area contributed by atoms with Gasteiger partial charge in [-0.2, -0.15) is 0 Å². The first kappa shape index (κ1) is 16.4. The Labute approximate surface area is 107 Å². The molecule has 0 heterocycles. The molecule has 2 N–H and O–H groups in total. The number of hydrogen-bond acceptors (Lipinski definition) is 3. The number of carbonyl (C=O) groups is 3. The standard InChI is InChI=1S/C12H22N2O4/c1-4-13-10(15)6-5-7-11(16)14(9(2)3)8-12(17)18/h9H,4-8H2,1-3H3,(H,13,15)(H,17,18). The summed E-state index contributed by atoms with van der Waals surface area (Å²) in [4.78, 5) is 34.9. The fourth-order valence-electron chi connectivity index (χ4n) is 1.53. The van der Waals surface area contributed by atoms with E-state index in [4.69, 9.17) is 5.11 Å². The van der Waals surface area contributed by atoms with Crippen molar-refractivity contribution < 1.29 is 19.5 Å². The number of nitrogens with zero attached hydrogens (tertiary/aromatic N) is 1. The molecule has 0 fully saturated rings. The van der Waals surface area contributed by atoms with Gasteiger partial charge in [0.25, 0.3) is 0 Å². The number of carboxylic acid groups (broad SMARTS) is 1. The van der Waals surface area contributed by atoms with Crippen molar-refractivity contribution in [1.29, 1.82) is 0 Å². The van der Waals surface area contributed by atoms with Gasteiger partial charge in [-0.3, -0.25) is 14.4 Å². The Balaban J connectivity index is 4.11. The molecule has 6 heteroatoms. The van der Waals surface area contributed by atoms with Crippen molar-refractivity contribution in [2.45, 2.75) is 46.1 Å². The van der Waals surface area contributed by atoms with E-state index in [0.717, 1.165) is 0 Å². The van der Waals surface area contributed by atoms with Crippen LogP contribution in [0.5, 0.6) is 0 Å². The van der Waals surface area contributed by atoms with Gasteiger partial charge in [0, 0.05) is 25.4 Å². The summed E-state index contributed by atoms with van der Waals surface area (Å²) < 4.78 is 0. The highest BCUT2D eigenvalue weighted by atomic mass is 16.4. The predicted molar refractivity (Wildman–Crippen MR) is 67.0 cm³/mol. The lowest BCUT2D eigenvalue weighted by Gasteiger charge is -2.24. The molecule has 0 aliphatic rings. The van der Waals surface area contributed by atoms with Crippen LogP contribution in [0.3, 0.4) is 0 Å². The zero-order valence-electron chi connectivity index (χ0n) is 11.2. The Bertz CT molecular complexity index is 302. The van der Waals surface area contributed by atoms with Gasteiger partial charge >= 0.3 is 5.97 Å². The van der Waals surface area contributed by atoms with Crippen LogP contribution in [-0.4, -0.2) is 46.9 Å². The van der Waals surface area contributed by atoms with Crippen molar-refractivity contribution >= 4 is 17.8 Å². The van der Waals surface area contributed by atoms with Crippen LogP contribution in [0.25, 0.3) is 0 Å². The number of carbonyl (C=O) groups excluding carboxylic acids is 2. The van der Waals surface area contributed by atoms with Crippen LogP contribution in [0.4, 0.5) is 0 Å². The van der Waals surface area contributed by atoms with Crippen molar-refractivity contribution in [2.75, 3.05) is 13.1 Å². The molecule has 0 radical (unpaired) electrons. The Kier molecular flexibility index (Phi) is 7.74.